The van der Waals surface area contributed by atoms with Crippen LogP contribution in [0.25, 0.3) is 0 Å². The second kappa shape index (κ2) is 5.35. The van der Waals surface area contributed by atoms with Gasteiger partial charge in [0.1, 0.15) is 5.01 Å². The number of rotatable bonds is 5. The van der Waals surface area contributed by atoms with Gasteiger partial charge in [-0.15, -0.1) is 11.3 Å². The van der Waals surface area contributed by atoms with Crippen molar-refractivity contribution in [3.63, 3.8) is 0 Å². The summed E-state index contributed by atoms with van der Waals surface area (Å²) in [5, 5.41) is 6.68. The summed E-state index contributed by atoms with van der Waals surface area (Å²) in [7, 11) is 0. The first-order valence-corrected chi connectivity index (χ1v) is 5.73. The van der Waals surface area contributed by atoms with Crippen LogP contribution in [-0.4, -0.2) is 11.0 Å². The van der Waals surface area contributed by atoms with Crippen molar-refractivity contribution in [3.05, 3.63) is 16.6 Å². The predicted octanol–water partition coefficient (Wildman–Crippen LogP) is 2.67. The molecule has 0 amide bonds. The van der Waals surface area contributed by atoms with Gasteiger partial charge in [-0.2, -0.15) is 0 Å². The molecule has 0 aliphatic carbocycles. The highest BCUT2D eigenvalue weighted by Gasteiger charge is 2.09. The van der Waals surface area contributed by atoms with Crippen LogP contribution in [0.2, 0.25) is 0 Å². The third-order valence-corrected chi connectivity index (χ3v) is 3.34. The van der Waals surface area contributed by atoms with Crippen LogP contribution >= 0.6 is 11.3 Å². The molecule has 13 heavy (non-hydrogen) atoms. The molecule has 0 bridgehead atoms. The Morgan fingerprint density at radius 3 is 2.85 bits per heavy atom. The van der Waals surface area contributed by atoms with Crippen LogP contribution in [-0.2, 0) is 6.54 Å². The molecule has 1 N–H and O–H groups in total. The summed E-state index contributed by atoms with van der Waals surface area (Å²) in [6.45, 7) is 7.65. The summed E-state index contributed by atoms with van der Waals surface area (Å²) >= 11 is 1.71. The molecule has 0 radical (unpaired) electrons. The summed E-state index contributed by atoms with van der Waals surface area (Å²) < 4.78 is 0. The molecule has 0 saturated heterocycles. The zero-order chi connectivity index (χ0) is 9.68. The Morgan fingerprint density at radius 1 is 1.54 bits per heavy atom. The van der Waals surface area contributed by atoms with Gasteiger partial charge < -0.3 is 5.32 Å². The van der Waals surface area contributed by atoms with E-state index in [0.717, 1.165) is 12.5 Å². The number of nitrogens with one attached hydrogen (secondary N) is 1. The van der Waals surface area contributed by atoms with Gasteiger partial charge in [0.2, 0.25) is 0 Å². The Balaban J connectivity index is 2.26. The Bertz CT molecular complexity index is 221. The van der Waals surface area contributed by atoms with Crippen LogP contribution < -0.4 is 5.32 Å². The second-order valence-corrected chi connectivity index (χ2v) is 4.46. The van der Waals surface area contributed by atoms with Gasteiger partial charge in [-0.1, -0.05) is 20.3 Å². The van der Waals surface area contributed by atoms with E-state index in [9.17, 15) is 0 Å². The topological polar surface area (TPSA) is 24.9 Å². The monoisotopic (exact) mass is 198 g/mol. The number of nitrogens with zero attached hydrogens (tertiary/aromatic N) is 1. The van der Waals surface area contributed by atoms with Crippen molar-refractivity contribution in [1.82, 2.24) is 10.3 Å². The van der Waals surface area contributed by atoms with E-state index in [-0.39, 0.29) is 0 Å². The summed E-state index contributed by atoms with van der Waals surface area (Å²) in [6, 6.07) is 0.578. The lowest BCUT2D eigenvalue weighted by molar-refractivity contribution is 0.389. The van der Waals surface area contributed by atoms with E-state index in [0.29, 0.717) is 6.04 Å². The molecule has 2 atom stereocenters. The molecule has 1 rings (SSSR count). The lowest BCUT2D eigenvalue weighted by atomic mass is 10.0. The Hall–Kier alpha value is -0.410. The number of aromatic nitrogens is 1. The van der Waals surface area contributed by atoms with Gasteiger partial charge in [-0.05, 0) is 12.8 Å². The third-order valence-electron chi connectivity index (χ3n) is 2.56. The Labute approximate surface area is 84.4 Å². The van der Waals surface area contributed by atoms with Crippen LogP contribution in [0.3, 0.4) is 0 Å². The van der Waals surface area contributed by atoms with Gasteiger partial charge >= 0.3 is 0 Å². The molecule has 0 aliphatic rings. The highest BCUT2D eigenvalue weighted by molar-refractivity contribution is 7.09. The standard InChI is InChI=1S/C10H18N2S/c1-4-8(2)9(3)12-7-10-11-5-6-13-10/h5-6,8-9,12H,4,7H2,1-3H3. The molecule has 74 valence electrons. The van der Waals surface area contributed by atoms with E-state index in [4.69, 9.17) is 0 Å². The quantitative estimate of drug-likeness (QED) is 0.787. The van der Waals surface area contributed by atoms with Crippen molar-refractivity contribution in [3.8, 4) is 0 Å². The summed E-state index contributed by atoms with van der Waals surface area (Å²) in [5.74, 6) is 0.736. The molecule has 0 saturated carbocycles. The van der Waals surface area contributed by atoms with E-state index < -0.39 is 0 Å². The maximum atomic E-state index is 4.23. The summed E-state index contributed by atoms with van der Waals surface area (Å²) in [5.41, 5.74) is 0. The van der Waals surface area contributed by atoms with Crippen molar-refractivity contribution < 1.29 is 0 Å². The normalized spacial score (nSPS) is 15.6. The Morgan fingerprint density at radius 2 is 2.31 bits per heavy atom. The molecule has 0 aliphatic heterocycles. The van der Waals surface area contributed by atoms with Gasteiger partial charge in [0.15, 0.2) is 0 Å². The minimum absolute atomic E-state index is 0.578. The largest absolute Gasteiger partial charge is 0.308 e. The van der Waals surface area contributed by atoms with E-state index in [1.165, 1.54) is 11.4 Å². The van der Waals surface area contributed by atoms with Crippen molar-refractivity contribution in [2.24, 2.45) is 5.92 Å². The first kappa shape index (κ1) is 10.7. The highest BCUT2D eigenvalue weighted by atomic mass is 32.1. The number of hydrogen-bond acceptors (Lipinski definition) is 3. The van der Waals surface area contributed by atoms with Crippen LogP contribution in [0, 0.1) is 5.92 Å². The van der Waals surface area contributed by atoms with Crippen molar-refractivity contribution in [1.29, 1.82) is 0 Å². The summed E-state index contributed by atoms with van der Waals surface area (Å²) in [4.78, 5) is 4.23. The second-order valence-electron chi connectivity index (χ2n) is 3.48. The van der Waals surface area contributed by atoms with Crippen LogP contribution in [0.4, 0.5) is 0 Å². The molecule has 1 heterocycles. The minimum Gasteiger partial charge on any atom is -0.308 e. The minimum atomic E-state index is 0.578. The lowest BCUT2D eigenvalue weighted by Crippen LogP contribution is -2.31. The third kappa shape index (κ3) is 3.44. The van der Waals surface area contributed by atoms with Crippen molar-refractivity contribution in [2.45, 2.75) is 39.8 Å². The molecule has 2 nitrogen and oxygen atoms in total. The predicted molar refractivity (Wildman–Crippen MR) is 57.9 cm³/mol. The molecule has 3 heteroatoms. The van der Waals surface area contributed by atoms with Crippen molar-refractivity contribution in [2.75, 3.05) is 0 Å². The maximum absolute atomic E-state index is 4.23. The SMILES string of the molecule is CCC(C)C(C)NCc1nccs1. The average molecular weight is 198 g/mol. The van der Waals surface area contributed by atoms with E-state index in [2.05, 4.69) is 31.1 Å². The zero-order valence-corrected chi connectivity index (χ0v) is 9.40. The van der Waals surface area contributed by atoms with E-state index in [1.54, 1.807) is 11.3 Å². The maximum Gasteiger partial charge on any atom is 0.106 e. The molecule has 0 aromatic carbocycles. The number of thiazole rings is 1. The molecule has 0 fully saturated rings. The molecule has 2 unspecified atom stereocenters. The number of hydrogen-bond donors (Lipinski definition) is 1. The van der Waals surface area contributed by atoms with Gasteiger partial charge in [0.25, 0.3) is 0 Å². The molecular formula is C10H18N2S. The van der Waals surface area contributed by atoms with E-state index in [1.807, 2.05) is 11.6 Å². The lowest BCUT2D eigenvalue weighted by Gasteiger charge is -2.18. The fourth-order valence-electron chi connectivity index (χ4n) is 1.14. The first-order chi connectivity index (χ1) is 6.24. The molecule has 1 aromatic rings. The van der Waals surface area contributed by atoms with Gasteiger partial charge in [-0.3, -0.25) is 0 Å². The molecular weight excluding hydrogens is 180 g/mol. The summed E-state index contributed by atoms with van der Waals surface area (Å²) in [6.07, 6.45) is 3.08. The fourth-order valence-corrected chi connectivity index (χ4v) is 1.71. The van der Waals surface area contributed by atoms with Crippen molar-refractivity contribution >= 4 is 11.3 Å². The fraction of sp³-hybridized carbons (Fsp3) is 0.700. The van der Waals surface area contributed by atoms with Gasteiger partial charge in [0.05, 0.1) is 0 Å². The molecule has 0 spiro atoms. The molecule has 1 aromatic heterocycles. The smallest absolute Gasteiger partial charge is 0.106 e. The first-order valence-electron chi connectivity index (χ1n) is 4.85. The van der Waals surface area contributed by atoms with Crippen LogP contribution in [0.1, 0.15) is 32.2 Å². The van der Waals surface area contributed by atoms with Crippen LogP contribution in [0.15, 0.2) is 11.6 Å². The average Bonchev–Trinajstić information content (AvgIpc) is 2.65. The van der Waals surface area contributed by atoms with E-state index >= 15 is 0 Å². The van der Waals surface area contributed by atoms with Gasteiger partial charge in [-0.25, -0.2) is 4.98 Å². The van der Waals surface area contributed by atoms with Gasteiger partial charge in [0, 0.05) is 24.2 Å². The van der Waals surface area contributed by atoms with Crippen LogP contribution in [0.5, 0.6) is 0 Å². The zero-order valence-electron chi connectivity index (χ0n) is 8.58. The Kier molecular flexibility index (Phi) is 4.39. The highest BCUT2D eigenvalue weighted by Crippen LogP contribution is 2.09.